The van der Waals surface area contributed by atoms with E-state index in [1.165, 1.54) is 0 Å². The van der Waals surface area contributed by atoms with Crippen LogP contribution in [0.4, 0.5) is 0 Å². The summed E-state index contributed by atoms with van der Waals surface area (Å²) in [6.45, 7) is 2.98. The molecule has 0 saturated carbocycles. The SMILES string of the molecule is CCn1c(-c2cnc(OC)nc2)cc2cc(Cl)ccc21. The third kappa shape index (κ3) is 2.12. The first-order valence-corrected chi connectivity index (χ1v) is 6.76. The minimum atomic E-state index is 0.371. The van der Waals surface area contributed by atoms with E-state index in [4.69, 9.17) is 16.3 Å². The zero-order valence-corrected chi connectivity index (χ0v) is 12.1. The van der Waals surface area contributed by atoms with E-state index in [0.717, 1.165) is 33.7 Å². The molecule has 0 atom stereocenters. The Labute approximate surface area is 122 Å². The van der Waals surface area contributed by atoms with Crippen molar-refractivity contribution in [3.05, 3.63) is 41.7 Å². The fourth-order valence-electron chi connectivity index (χ4n) is 2.38. The number of hydrogen-bond donors (Lipinski definition) is 0. The summed E-state index contributed by atoms with van der Waals surface area (Å²) in [5.41, 5.74) is 3.19. The molecule has 0 aliphatic heterocycles. The summed E-state index contributed by atoms with van der Waals surface area (Å²) in [4.78, 5) is 8.33. The number of nitrogens with zero attached hydrogens (tertiary/aromatic N) is 3. The van der Waals surface area contributed by atoms with Gasteiger partial charge in [-0.3, -0.25) is 0 Å². The molecule has 0 fully saturated rings. The molecule has 4 nitrogen and oxygen atoms in total. The fraction of sp³-hybridized carbons (Fsp3) is 0.200. The van der Waals surface area contributed by atoms with Crippen LogP contribution in [0, 0.1) is 0 Å². The Morgan fingerprint density at radius 1 is 1.20 bits per heavy atom. The van der Waals surface area contributed by atoms with Gasteiger partial charge in [-0.15, -0.1) is 0 Å². The van der Waals surface area contributed by atoms with Crippen molar-refractivity contribution in [2.75, 3.05) is 7.11 Å². The summed E-state index contributed by atoms with van der Waals surface area (Å²) >= 11 is 6.06. The maximum atomic E-state index is 6.06. The van der Waals surface area contributed by atoms with E-state index in [-0.39, 0.29) is 0 Å². The van der Waals surface area contributed by atoms with Crippen LogP contribution in [0.2, 0.25) is 5.02 Å². The second-order valence-electron chi connectivity index (χ2n) is 4.44. The Bertz CT molecular complexity index is 750. The molecule has 20 heavy (non-hydrogen) atoms. The van der Waals surface area contributed by atoms with E-state index >= 15 is 0 Å². The van der Waals surface area contributed by atoms with Gasteiger partial charge < -0.3 is 9.30 Å². The highest BCUT2D eigenvalue weighted by atomic mass is 35.5. The molecule has 0 radical (unpaired) electrons. The van der Waals surface area contributed by atoms with E-state index in [9.17, 15) is 0 Å². The molecule has 0 unspecified atom stereocenters. The second-order valence-corrected chi connectivity index (χ2v) is 4.87. The minimum Gasteiger partial charge on any atom is -0.467 e. The van der Waals surface area contributed by atoms with Crippen LogP contribution in [-0.2, 0) is 6.54 Å². The van der Waals surface area contributed by atoms with E-state index in [1.807, 2.05) is 18.2 Å². The molecule has 0 amide bonds. The normalized spacial score (nSPS) is 10.9. The molecule has 0 spiro atoms. The molecule has 0 saturated heterocycles. The minimum absolute atomic E-state index is 0.371. The number of aromatic nitrogens is 3. The number of methoxy groups -OCH3 is 1. The largest absolute Gasteiger partial charge is 0.467 e. The van der Waals surface area contributed by atoms with Gasteiger partial charge >= 0.3 is 6.01 Å². The van der Waals surface area contributed by atoms with Crippen molar-refractivity contribution in [1.82, 2.24) is 14.5 Å². The highest BCUT2D eigenvalue weighted by molar-refractivity contribution is 6.31. The second kappa shape index (κ2) is 5.13. The van der Waals surface area contributed by atoms with Crippen molar-refractivity contribution in [2.24, 2.45) is 0 Å². The highest BCUT2D eigenvalue weighted by Crippen LogP contribution is 2.29. The van der Waals surface area contributed by atoms with E-state index in [0.29, 0.717) is 6.01 Å². The van der Waals surface area contributed by atoms with Crippen LogP contribution >= 0.6 is 11.6 Å². The van der Waals surface area contributed by atoms with Crippen LogP contribution in [0.25, 0.3) is 22.2 Å². The molecule has 0 aliphatic carbocycles. The predicted molar refractivity (Wildman–Crippen MR) is 80.2 cm³/mol. The van der Waals surface area contributed by atoms with Crippen LogP contribution < -0.4 is 4.74 Å². The third-order valence-electron chi connectivity index (χ3n) is 3.29. The maximum Gasteiger partial charge on any atom is 0.316 e. The van der Waals surface area contributed by atoms with E-state index in [2.05, 4.69) is 27.5 Å². The highest BCUT2D eigenvalue weighted by Gasteiger charge is 2.11. The van der Waals surface area contributed by atoms with Gasteiger partial charge in [-0.25, -0.2) is 9.97 Å². The molecule has 0 bridgehead atoms. The summed E-state index contributed by atoms with van der Waals surface area (Å²) in [5, 5.41) is 1.86. The number of ether oxygens (including phenoxy) is 1. The quantitative estimate of drug-likeness (QED) is 0.736. The predicted octanol–water partition coefficient (Wildman–Crippen LogP) is 3.78. The lowest BCUT2D eigenvalue weighted by atomic mass is 10.2. The van der Waals surface area contributed by atoms with Crippen LogP contribution in [0.1, 0.15) is 6.92 Å². The first kappa shape index (κ1) is 12.9. The Kier molecular flexibility index (Phi) is 3.32. The van der Waals surface area contributed by atoms with Gasteiger partial charge in [0.05, 0.1) is 12.8 Å². The number of rotatable bonds is 3. The van der Waals surface area contributed by atoms with Crippen LogP contribution in [0.3, 0.4) is 0 Å². The number of fused-ring (bicyclic) bond motifs is 1. The molecule has 102 valence electrons. The van der Waals surface area contributed by atoms with Crippen molar-refractivity contribution in [3.63, 3.8) is 0 Å². The van der Waals surface area contributed by atoms with Gasteiger partial charge in [0.1, 0.15) is 0 Å². The number of aryl methyl sites for hydroxylation is 1. The standard InChI is InChI=1S/C15H14ClN3O/c1-3-19-13-5-4-12(16)6-10(13)7-14(19)11-8-17-15(20-2)18-9-11/h4-9H,3H2,1-2H3. The molecular weight excluding hydrogens is 274 g/mol. The Morgan fingerprint density at radius 2 is 1.95 bits per heavy atom. The van der Waals surface area contributed by atoms with E-state index in [1.54, 1.807) is 19.5 Å². The average Bonchev–Trinajstić information content (AvgIpc) is 2.84. The molecule has 1 aromatic carbocycles. The van der Waals surface area contributed by atoms with E-state index < -0.39 is 0 Å². The lowest BCUT2D eigenvalue weighted by Crippen LogP contribution is -1.98. The molecule has 0 aliphatic rings. The monoisotopic (exact) mass is 287 g/mol. The maximum absolute atomic E-state index is 6.06. The lowest BCUT2D eigenvalue weighted by Gasteiger charge is -2.07. The lowest BCUT2D eigenvalue weighted by molar-refractivity contribution is 0.380. The van der Waals surface area contributed by atoms with Crippen molar-refractivity contribution in [2.45, 2.75) is 13.5 Å². The summed E-state index contributed by atoms with van der Waals surface area (Å²) in [7, 11) is 1.56. The molecular formula is C15H14ClN3O. The van der Waals surface area contributed by atoms with Crippen LogP contribution in [-0.4, -0.2) is 21.6 Å². The van der Waals surface area contributed by atoms with Crippen molar-refractivity contribution >= 4 is 22.5 Å². The van der Waals surface area contributed by atoms with Gasteiger partial charge in [0.2, 0.25) is 0 Å². The number of benzene rings is 1. The molecule has 2 aromatic heterocycles. The van der Waals surface area contributed by atoms with Gasteiger partial charge in [0.15, 0.2) is 0 Å². The molecule has 3 aromatic rings. The summed E-state index contributed by atoms with van der Waals surface area (Å²) in [5.74, 6) is 0. The average molecular weight is 288 g/mol. The molecule has 3 rings (SSSR count). The zero-order valence-electron chi connectivity index (χ0n) is 11.3. The summed E-state index contributed by atoms with van der Waals surface area (Å²) in [6.07, 6.45) is 3.54. The van der Waals surface area contributed by atoms with Crippen LogP contribution in [0.5, 0.6) is 6.01 Å². The first-order chi connectivity index (χ1) is 9.72. The van der Waals surface area contributed by atoms with Crippen molar-refractivity contribution in [1.29, 1.82) is 0 Å². The number of hydrogen-bond acceptors (Lipinski definition) is 3. The topological polar surface area (TPSA) is 39.9 Å². The van der Waals surface area contributed by atoms with Gasteiger partial charge in [-0.1, -0.05) is 11.6 Å². The fourth-order valence-corrected chi connectivity index (χ4v) is 2.56. The van der Waals surface area contributed by atoms with Gasteiger partial charge in [0.25, 0.3) is 0 Å². The first-order valence-electron chi connectivity index (χ1n) is 6.38. The molecule has 0 N–H and O–H groups in total. The van der Waals surface area contributed by atoms with Gasteiger partial charge in [0, 0.05) is 40.4 Å². The Balaban J connectivity index is 2.18. The third-order valence-corrected chi connectivity index (χ3v) is 3.52. The van der Waals surface area contributed by atoms with Crippen LogP contribution in [0.15, 0.2) is 36.7 Å². The molecule has 5 heteroatoms. The molecule has 2 heterocycles. The zero-order chi connectivity index (χ0) is 14.1. The van der Waals surface area contributed by atoms with Gasteiger partial charge in [-0.2, -0.15) is 0 Å². The van der Waals surface area contributed by atoms with Gasteiger partial charge in [-0.05, 0) is 31.2 Å². The summed E-state index contributed by atoms with van der Waals surface area (Å²) < 4.78 is 7.21. The Morgan fingerprint density at radius 3 is 2.60 bits per heavy atom. The van der Waals surface area contributed by atoms with Crippen molar-refractivity contribution < 1.29 is 4.74 Å². The Hall–Kier alpha value is -2.07. The van der Waals surface area contributed by atoms with Crippen molar-refractivity contribution in [3.8, 4) is 17.3 Å². The summed E-state index contributed by atoms with van der Waals surface area (Å²) in [6, 6.07) is 8.39. The number of halogens is 1. The smallest absolute Gasteiger partial charge is 0.316 e.